The molecule has 9 nitrogen and oxygen atoms in total. The largest absolute Gasteiger partial charge is 0.334 e. The number of carbonyl (C=O) groups excluding carboxylic acids is 1. The highest BCUT2D eigenvalue weighted by Gasteiger charge is 2.32. The van der Waals surface area contributed by atoms with Crippen LogP contribution in [0.3, 0.4) is 0 Å². The van der Waals surface area contributed by atoms with E-state index in [1.807, 2.05) is 30.0 Å². The number of carbonyl (C=O) groups is 1. The first-order valence-electron chi connectivity index (χ1n) is 11.7. The van der Waals surface area contributed by atoms with Gasteiger partial charge >= 0.3 is 0 Å². The molecule has 182 valence electrons. The lowest BCUT2D eigenvalue weighted by Gasteiger charge is -2.42. The second kappa shape index (κ2) is 10.2. The molecule has 0 radical (unpaired) electrons. The molecule has 35 heavy (non-hydrogen) atoms. The van der Waals surface area contributed by atoms with Crippen molar-refractivity contribution in [2.24, 2.45) is 7.05 Å². The zero-order valence-corrected chi connectivity index (χ0v) is 20.1. The Kier molecular flexibility index (Phi) is 7.07. The van der Waals surface area contributed by atoms with Crippen molar-refractivity contribution in [2.45, 2.75) is 32.4 Å². The van der Waals surface area contributed by atoms with Crippen LogP contribution in [0.4, 0.5) is 5.69 Å². The zero-order valence-electron chi connectivity index (χ0n) is 20.1. The van der Waals surface area contributed by atoms with Crippen LogP contribution in [0.1, 0.15) is 37.7 Å². The molecule has 1 saturated heterocycles. The van der Waals surface area contributed by atoms with Gasteiger partial charge in [-0.1, -0.05) is 19.1 Å². The number of non-ortho nitro benzene ring substituents is 1. The lowest BCUT2D eigenvalue weighted by molar-refractivity contribution is -0.384. The van der Waals surface area contributed by atoms with Crippen LogP contribution in [0.5, 0.6) is 0 Å². The normalized spacial score (nSPS) is 17.7. The minimum absolute atomic E-state index is 0.0158. The summed E-state index contributed by atoms with van der Waals surface area (Å²) in [6.07, 6.45) is 3.98. The van der Waals surface area contributed by atoms with E-state index in [1.54, 1.807) is 35.9 Å². The van der Waals surface area contributed by atoms with Gasteiger partial charge in [0.25, 0.3) is 11.2 Å². The molecule has 2 atom stereocenters. The second-order valence-corrected chi connectivity index (χ2v) is 8.83. The van der Waals surface area contributed by atoms with Crippen molar-refractivity contribution in [1.82, 2.24) is 19.4 Å². The Morgan fingerprint density at radius 2 is 1.91 bits per heavy atom. The van der Waals surface area contributed by atoms with Crippen LogP contribution in [0, 0.1) is 10.1 Å². The molecule has 1 aliphatic rings. The number of nitrogens with zero attached hydrogens (tertiary/aromatic N) is 5. The number of hydrogen-bond donors (Lipinski definition) is 0. The Labute approximate surface area is 203 Å². The highest BCUT2D eigenvalue weighted by molar-refractivity contribution is 5.92. The summed E-state index contributed by atoms with van der Waals surface area (Å²) in [5.41, 5.74) is 1.39. The molecule has 4 rings (SSSR count). The van der Waals surface area contributed by atoms with Crippen molar-refractivity contribution in [3.63, 3.8) is 0 Å². The standard InChI is InChI=1S/C26H29N5O4/c1-4-23(25-27-22-8-6-5-7-21(22)26(33)28(25)3)29-15-16-30(18(2)17-29)24(32)14-11-19-9-12-20(13-10-19)31(34)35/h5-14,18,23H,4,15-17H2,1-3H3/b14-11+. The Bertz CT molecular complexity index is 1330. The lowest BCUT2D eigenvalue weighted by Crippen LogP contribution is -2.54. The van der Waals surface area contributed by atoms with Gasteiger partial charge in [-0.05, 0) is 49.2 Å². The summed E-state index contributed by atoms with van der Waals surface area (Å²) >= 11 is 0. The molecule has 2 unspecified atom stereocenters. The molecule has 1 aromatic heterocycles. The van der Waals surface area contributed by atoms with Crippen LogP contribution >= 0.6 is 0 Å². The summed E-state index contributed by atoms with van der Waals surface area (Å²) in [4.78, 5) is 45.1. The maximum atomic E-state index is 12.9. The Hall–Kier alpha value is -3.85. The number of piperazine rings is 1. The maximum Gasteiger partial charge on any atom is 0.269 e. The zero-order chi connectivity index (χ0) is 25.1. The molecule has 1 fully saturated rings. The fourth-order valence-corrected chi connectivity index (χ4v) is 4.70. The lowest BCUT2D eigenvalue weighted by atomic mass is 10.1. The number of para-hydroxylation sites is 1. The molecule has 0 N–H and O–H groups in total. The van der Waals surface area contributed by atoms with Gasteiger partial charge in [-0.2, -0.15) is 0 Å². The average molecular weight is 476 g/mol. The van der Waals surface area contributed by atoms with E-state index in [0.717, 1.165) is 17.8 Å². The SMILES string of the molecule is CCC(c1nc2ccccc2c(=O)n1C)N1CCN(C(=O)/C=C/c2ccc([N+](=O)[O-])cc2)C(C)C1. The second-order valence-electron chi connectivity index (χ2n) is 8.83. The minimum atomic E-state index is -0.450. The van der Waals surface area contributed by atoms with E-state index in [4.69, 9.17) is 4.98 Å². The fourth-order valence-electron chi connectivity index (χ4n) is 4.70. The van der Waals surface area contributed by atoms with Crippen LogP contribution in [0.15, 0.2) is 59.4 Å². The Balaban J connectivity index is 1.47. The van der Waals surface area contributed by atoms with Crippen molar-refractivity contribution >= 4 is 28.6 Å². The van der Waals surface area contributed by atoms with Crippen LogP contribution < -0.4 is 5.56 Å². The third-order valence-electron chi connectivity index (χ3n) is 6.61. The predicted octanol–water partition coefficient (Wildman–Crippen LogP) is 3.54. The van der Waals surface area contributed by atoms with E-state index in [9.17, 15) is 19.7 Å². The minimum Gasteiger partial charge on any atom is -0.334 e. The Morgan fingerprint density at radius 1 is 1.20 bits per heavy atom. The number of amides is 1. The van der Waals surface area contributed by atoms with E-state index >= 15 is 0 Å². The summed E-state index contributed by atoms with van der Waals surface area (Å²) in [5, 5.41) is 11.4. The summed E-state index contributed by atoms with van der Waals surface area (Å²) in [7, 11) is 1.77. The van der Waals surface area contributed by atoms with Crippen LogP contribution in [0.25, 0.3) is 17.0 Å². The monoisotopic (exact) mass is 475 g/mol. The highest BCUT2D eigenvalue weighted by atomic mass is 16.6. The predicted molar refractivity (Wildman–Crippen MR) is 135 cm³/mol. The Morgan fingerprint density at radius 3 is 2.57 bits per heavy atom. The van der Waals surface area contributed by atoms with E-state index in [-0.39, 0.29) is 29.2 Å². The van der Waals surface area contributed by atoms with Crippen molar-refractivity contribution in [1.29, 1.82) is 0 Å². The molecule has 0 bridgehead atoms. The van der Waals surface area contributed by atoms with Gasteiger partial charge < -0.3 is 4.90 Å². The molecule has 0 aliphatic carbocycles. The van der Waals surface area contributed by atoms with E-state index < -0.39 is 4.92 Å². The fraction of sp³-hybridized carbons (Fsp3) is 0.346. The van der Waals surface area contributed by atoms with Crippen molar-refractivity contribution < 1.29 is 9.72 Å². The van der Waals surface area contributed by atoms with E-state index in [1.165, 1.54) is 18.2 Å². The first-order chi connectivity index (χ1) is 16.8. The summed E-state index contributed by atoms with van der Waals surface area (Å²) in [6.45, 7) is 5.99. The third kappa shape index (κ3) is 5.00. The van der Waals surface area contributed by atoms with Gasteiger partial charge in [0.05, 0.1) is 21.9 Å². The van der Waals surface area contributed by atoms with Crippen molar-refractivity contribution in [2.75, 3.05) is 19.6 Å². The summed E-state index contributed by atoms with van der Waals surface area (Å²) in [5.74, 6) is 0.640. The smallest absolute Gasteiger partial charge is 0.269 e. The molecule has 1 aliphatic heterocycles. The maximum absolute atomic E-state index is 12.9. The van der Waals surface area contributed by atoms with Gasteiger partial charge in [0.2, 0.25) is 5.91 Å². The molecule has 3 aromatic rings. The number of fused-ring (bicyclic) bond motifs is 1. The average Bonchev–Trinajstić information content (AvgIpc) is 2.86. The topological polar surface area (TPSA) is 102 Å². The van der Waals surface area contributed by atoms with Crippen molar-refractivity contribution in [3.8, 4) is 0 Å². The van der Waals surface area contributed by atoms with Crippen molar-refractivity contribution in [3.05, 3.63) is 86.5 Å². The molecule has 9 heteroatoms. The number of nitro groups is 1. The molecule has 2 heterocycles. The number of hydrogen-bond acceptors (Lipinski definition) is 6. The highest BCUT2D eigenvalue weighted by Crippen LogP contribution is 2.26. The number of nitro benzene ring substituents is 1. The van der Waals surface area contributed by atoms with Gasteiger partial charge in [0.1, 0.15) is 5.82 Å². The molecule has 0 saturated carbocycles. The van der Waals surface area contributed by atoms with Gasteiger partial charge in [-0.3, -0.25) is 29.2 Å². The van der Waals surface area contributed by atoms with Gasteiger partial charge in [0.15, 0.2) is 0 Å². The molecule has 1 amide bonds. The molecule has 2 aromatic carbocycles. The quantitative estimate of drug-likeness (QED) is 0.307. The third-order valence-corrected chi connectivity index (χ3v) is 6.61. The number of benzene rings is 2. The summed E-state index contributed by atoms with van der Waals surface area (Å²) in [6, 6.07) is 13.4. The van der Waals surface area contributed by atoms with E-state index in [2.05, 4.69) is 11.8 Å². The van der Waals surface area contributed by atoms with Gasteiger partial charge in [0, 0.05) is 50.9 Å². The first kappa shape index (κ1) is 24.3. The van der Waals surface area contributed by atoms with Gasteiger partial charge in [-0.15, -0.1) is 0 Å². The molecular formula is C26H29N5O4. The summed E-state index contributed by atoms with van der Waals surface area (Å²) < 4.78 is 1.64. The molecular weight excluding hydrogens is 446 g/mol. The number of rotatable bonds is 6. The van der Waals surface area contributed by atoms with Gasteiger partial charge in [-0.25, -0.2) is 4.98 Å². The number of aromatic nitrogens is 2. The first-order valence-corrected chi connectivity index (χ1v) is 11.7. The van der Waals surface area contributed by atoms with Crippen LogP contribution in [-0.4, -0.2) is 55.9 Å². The van der Waals surface area contributed by atoms with Crippen LogP contribution in [-0.2, 0) is 11.8 Å². The molecule has 0 spiro atoms. The van der Waals surface area contributed by atoms with E-state index in [0.29, 0.717) is 30.5 Å². The van der Waals surface area contributed by atoms with Crippen LogP contribution in [0.2, 0.25) is 0 Å².